The fourth-order valence-corrected chi connectivity index (χ4v) is 0.979. The molecule has 0 unspecified atom stereocenters. The second-order valence-corrected chi connectivity index (χ2v) is 3.86. The first-order valence-electron chi connectivity index (χ1n) is 4.77. The molecule has 0 aromatic heterocycles. The Morgan fingerprint density at radius 1 is 1.50 bits per heavy atom. The summed E-state index contributed by atoms with van der Waals surface area (Å²) in [5.41, 5.74) is 0. The minimum atomic E-state index is -0.349. The predicted molar refractivity (Wildman–Crippen MR) is 56.9 cm³/mol. The molecule has 0 amide bonds. The third kappa shape index (κ3) is 6.62. The number of ether oxygens (including phenoxy) is 1. The Bertz CT molecular complexity index is 191. The Hall–Kier alpha value is -0.870. The number of carbonyl (C=O) groups is 1. The zero-order chi connectivity index (χ0) is 11.0. The standard InChI is InChI=1S/C10H21N2O2/c1-5-10(13)14-9-8-12(3,4)7-6-11-2/h5,11H,1,6-9H2,2-4H3/q+1. The van der Waals surface area contributed by atoms with Crippen molar-refractivity contribution in [3.05, 3.63) is 12.7 Å². The third-order valence-electron chi connectivity index (χ3n) is 2.07. The lowest BCUT2D eigenvalue weighted by Crippen LogP contribution is -2.46. The first kappa shape index (κ1) is 13.1. The van der Waals surface area contributed by atoms with Crippen LogP contribution in [0, 0.1) is 0 Å². The number of hydrogen-bond acceptors (Lipinski definition) is 3. The van der Waals surface area contributed by atoms with E-state index in [-0.39, 0.29) is 5.97 Å². The molecule has 4 heteroatoms. The Morgan fingerprint density at radius 2 is 2.14 bits per heavy atom. The van der Waals surface area contributed by atoms with Gasteiger partial charge in [-0.3, -0.25) is 0 Å². The molecule has 0 saturated heterocycles. The normalized spacial score (nSPS) is 11.1. The van der Waals surface area contributed by atoms with Crippen molar-refractivity contribution in [3.8, 4) is 0 Å². The molecule has 0 aliphatic rings. The topological polar surface area (TPSA) is 38.3 Å². The summed E-state index contributed by atoms with van der Waals surface area (Å²) in [5, 5.41) is 3.09. The Morgan fingerprint density at radius 3 is 2.64 bits per heavy atom. The molecule has 0 radical (unpaired) electrons. The molecule has 0 aromatic rings. The van der Waals surface area contributed by atoms with Crippen LogP contribution >= 0.6 is 0 Å². The third-order valence-corrected chi connectivity index (χ3v) is 2.07. The number of nitrogens with zero attached hydrogens (tertiary/aromatic N) is 1. The van der Waals surface area contributed by atoms with Crippen LogP contribution < -0.4 is 5.32 Å². The molecule has 0 atom stereocenters. The van der Waals surface area contributed by atoms with Crippen LogP contribution in [0.3, 0.4) is 0 Å². The van der Waals surface area contributed by atoms with Gasteiger partial charge in [0.25, 0.3) is 0 Å². The summed E-state index contributed by atoms with van der Waals surface area (Å²) in [7, 11) is 6.15. The van der Waals surface area contributed by atoms with Gasteiger partial charge >= 0.3 is 5.97 Å². The molecule has 0 fully saturated rings. The van der Waals surface area contributed by atoms with E-state index in [4.69, 9.17) is 4.74 Å². The van der Waals surface area contributed by atoms with E-state index in [9.17, 15) is 4.79 Å². The van der Waals surface area contributed by atoms with Gasteiger partial charge in [-0.05, 0) is 7.05 Å². The zero-order valence-electron chi connectivity index (χ0n) is 9.38. The molecule has 14 heavy (non-hydrogen) atoms. The zero-order valence-corrected chi connectivity index (χ0v) is 9.38. The highest BCUT2D eigenvalue weighted by Crippen LogP contribution is 1.95. The van der Waals surface area contributed by atoms with Gasteiger partial charge in [0.05, 0.1) is 20.6 Å². The number of quaternary nitrogens is 1. The number of esters is 1. The van der Waals surface area contributed by atoms with Crippen LogP contribution in [0.5, 0.6) is 0 Å². The molecular weight excluding hydrogens is 180 g/mol. The van der Waals surface area contributed by atoms with Crippen molar-refractivity contribution in [2.45, 2.75) is 0 Å². The van der Waals surface area contributed by atoms with Crippen LogP contribution in [0.15, 0.2) is 12.7 Å². The molecule has 0 aromatic carbocycles. The van der Waals surface area contributed by atoms with Gasteiger partial charge in [-0.15, -0.1) is 0 Å². The Kier molecular flexibility index (Phi) is 6.16. The van der Waals surface area contributed by atoms with E-state index in [1.54, 1.807) is 0 Å². The molecular formula is C10H21N2O2+. The van der Waals surface area contributed by atoms with E-state index in [0.717, 1.165) is 24.1 Å². The molecule has 0 aliphatic heterocycles. The van der Waals surface area contributed by atoms with Crippen molar-refractivity contribution in [1.29, 1.82) is 0 Å². The first-order chi connectivity index (χ1) is 6.52. The summed E-state index contributed by atoms with van der Waals surface area (Å²) in [6.07, 6.45) is 1.19. The van der Waals surface area contributed by atoms with Crippen LogP contribution in [0.1, 0.15) is 0 Å². The lowest BCUT2D eigenvalue weighted by Gasteiger charge is -2.29. The van der Waals surface area contributed by atoms with Crippen molar-refractivity contribution < 1.29 is 14.0 Å². The van der Waals surface area contributed by atoms with Gasteiger partial charge < -0.3 is 14.5 Å². The van der Waals surface area contributed by atoms with Gasteiger partial charge in [0.1, 0.15) is 13.2 Å². The Balaban J connectivity index is 3.64. The second kappa shape index (κ2) is 6.56. The SMILES string of the molecule is C=CC(=O)OCC[N+](C)(C)CCNC. The highest BCUT2D eigenvalue weighted by molar-refractivity contribution is 5.81. The van der Waals surface area contributed by atoms with Crippen LogP contribution in [-0.4, -0.2) is 57.8 Å². The average molecular weight is 201 g/mol. The second-order valence-electron chi connectivity index (χ2n) is 3.86. The summed E-state index contributed by atoms with van der Waals surface area (Å²) >= 11 is 0. The summed E-state index contributed by atoms with van der Waals surface area (Å²) in [6.45, 7) is 6.58. The number of nitrogens with one attached hydrogen (secondary N) is 1. The van der Waals surface area contributed by atoms with E-state index in [1.807, 2.05) is 7.05 Å². The summed E-state index contributed by atoms with van der Waals surface area (Å²) in [6, 6.07) is 0. The molecule has 82 valence electrons. The van der Waals surface area contributed by atoms with Gasteiger partial charge in [-0.1, -0.05) is 6.58 Å². The average Bonchev–Trinajstić information content (AvgIpc) is 2.14. The lowest BCUT2D eigenvalue weighted by molar-refractivity contribution is -0.889. The van der Waals surface area contributed by atoms with Crippen LogP contribution in [0.4, 0.5) is 0 Å². The fraction of sp³-hybridized carbons (Fsp3) is 0.700. The van der Waals surface area contributed by atoms with Crippen LogP contribution in [0.25, 0.3) is 0 Å². The minimum Gasteiger partial charge on any atom is -0.457 e. The highest BCUT2D eigenvalue weighted by Gasteiger charge is 2.14. The van der Waals surface area contributed by atoms with Crippen molar-refractivity contribution in [2.24, 2.45) is 0 Å². The van der Waals surface area contributed by atoms with E-state index in [2.05, 4.69) is 26.0 Å². The van der Waals surface area contributed by atoms with E-state index < -0.39 is 0 Å². The first-order valence-corrected chi connectivity index (χ1v) is 4.77. The van der Waals surface area contributed by atoms with Crippen molar-refractivity contribution in [2.75, 3.05) is 47.4 Å². The number of likely N-dealkylation sites (N-methyl/N-ethyl adjacent to an activating group) is 2. The largest absolute Gasteiger partial charge is 0.457 e. The molecule has 0 bridgehead atoms. The molecule has 1 N–H and O–H groups in total. The maximum atomic E-state index is 10.8. The molecule has 0 aliphatic carbocycles. The van der Waals surface area contributed by atoms with E-state index in [0.29, 0.717) is 6.61 Å². The summed E-state index contributed by atoms with van der Waals surface area (Å²) < 4.78 is 5.75. The number of carbonyl (C=O) groups excluding carboxylic acids is 1. The Labute approximate surface area is 86.1 Å². The maximum Gasteiger partial charge on any atom is 0.330 e. The molecule has 0 spiro atoms. The molecule has 0 saturated carbocycles. The van der Waals surface area contributed by atoms with Gasteiger partial charge in [0.15, 0.2) is 0 Å². The minimum absolute atomic E-state index is 0.349. The molecule has 0 rings (SSSR count). The van der Waals surface area contributed by atoms with Crippen LogP contribution in [-0.2, 0) is 9.53 Å². The molecule has 4 nitrogen and oxygen atoms in total. The van der Waals surface area contributed by atoms with Crippen molar-refractivity contribution in [3.63, 3.8) is 0 Å². The highest BCUT2D eigenvalue weighted by atomic mass is 16.5. The summed E-state index contributed by atoms with van der Waals surface area (Å²) in [4.78, 5) is 10.8. The van der Waals surface area contributed by atoms with Gasteiger partial charge in [-0.2, -0.15) is 0 Å². The van der Waals surface area contributed by atoms with Crippen LogP contribution in [0.2, 0.25) is 0 Å². The van der Waals surface area contributed by atoms with Gasteiger partial charge in [0, 0.05) is 12.6 Å². The lowest BCUT2D eigenvalue weighted by atomic mass is 10.4. The smallest absolute Gasteiger partial charge is 0.330 e. The van der Waals surface area contributed by atoms with E-state index >= 15 is 0 Å². The quantitative estimate of drug-likeness (QED) is 0.358. The van der Waals surface area contributed by atoms with Crippen molar-refractivity contribution >= 4 is 5.97 Å². The number of hydrogen-bond donors (Lipinski definition) is 1. The molecule has 0 heterocycles. The monoisotopic (exact) mass is 201 g/mol. The predicted octanol–water partition coefficient (Wildman–Crippen LogP) is 0.0114. The van der Waals surface area contributed by atoms with Gasteiger partial charge in [0.2, 0.25) is 0 Å². The summed E-state index contributed by atoms with van der Waals surface area (Å²) in [5.74, 6) is -0.349. The number of rotatable bonds is 7. The van der Waals surface area contributed by atoms with E-state index in [1.165, 1.54) is 6.08 Å². The van der Waals surface area contributed by atoms with Crippen molar-refractivity contribution in [1.82, 2.24) is 5.32 Å². The maximum absolute atomic E-state index is 10.8. The van der Waals surface area contributed by atoms with Gasteiger partial charge in [-0.25, -0.2) is 4.79 Å². The fourth-order valence-electron chi connectivity index (χ4n) is 0.979.